The number of thiazole rings is 1. The Bertz CT molecular complexity index is 550. The van der Waals surface area contributed by atoms with Crippen LogP contribution in [0.25, 0.3) is 0 Å². The minimum atomic E-state index is 0.110. The SMILES string of the molecule is Cc1ccc(Nc2nc(C(C)(C)C)cs2)c(C)c1. The second kappa shape index (κ2) is 4.73. The zero-order valence-corrected chi connectivity index (χ0v) is 12.5. The van der Waals surface area contributed by atoms with Crippen molar-refractivity contribution in [2.45, 2.75) is 40.0 Å². The molecule has 1 heterocycles. The molecule has 2 aromatic rings. The van der Waals surface area contributed by atoms with Gasteiger partial charge in [-0.2, -0.15) is 0 Å². The van der Waals surface area contributed by atoms with Crippen molar-refractivity contribution in [3.63, 3.8) is 0 Å². The van der Waals surface area contributed by atoms with Crippen LogP contribution in [-0.4, -0.2) is 4.98 Å². The van der Waals surface area contributed by atoms with Crippen LogP contribution in [0, 0.1) is 13.8 Å². The van der Waals surface area contributed by atoms with Crippen LogP contribution in [0.2, 0.25) is 0 Å². The number of nitrogens with one attached hydrogen (secondary N) is 1. The van der Waals surface area contributed by atoms with E-state index in [-0.39, 0.29) is 5.41 Å². The van der Waals surface area contributed by atoms with Crippen LogP contribution in [0.3, 0.4) is 0 Å². The highest BCUT2D eigenvalue weighted by Crippen LogP contribution is 2.29. The van der Waals surface area contributed by atoms with Crippen molar-refractivity contribution in [2.24, 2.45) is 0 Å². The van der Waals surface area contributed by atoms with Gasteiger partial charge in [-0.1, -0.05) is 38.5 Å². The lowest BCUT2D eigenvalue weighted by atomic mass is 9.93. The Morgan fingerprint density at radius 2 is 1.89 bits per heavy atom. The minimum absolute atomic E-state index is 0.110. The molecule has 3 heteroatoms. The lowest BCUT2D eigenvalue weighted by molar-refractivity contribution is 0.573. The van der Waals surface area contributed by atoms with Crippen molar-refractivity contribution in [3.8, 4) is 0 Å². The predicted octanol–water partition coefficient (Wildman–Crippen LogP) is 4.80. The van der Waals surface area contributed by atoms with Gasteiger partial charge in [-0.3, -0.25) is 0 Å². The molecule has 0 radical (unpaired) electrons. The largest absolute Gasteiger partial charge is 0.331 e. The van der Waals surface area contributed by atoms with Crippen molar-refractivity contribution in [1.82, 2.24) is 4.98 Å². The summed E-state index contributed by atoms with van der Waals surface area (Å²) in [5, 5.41) is 6.49. The van der Waals surface area contributed by atoms with E-state index in [1.165, 1.54) is 11.1 Å². The Labute approximate surface area is 113 Å². The highest BCUT2D eigenvalue weighted by molar-refractivity contribution is 7.13. The van der Waals surface area contributed by atoms with Gasteiger partial charge in [0.05, 0.1) is 5.69 Å². The molecule has 2 rings (SSSR count). The smallest absolute Gasteiger partial charge is 0.187 e. The molecule has 0 saturated carbocycles. The molecule has 1 N–H and O–H groups in total. The average molecular weight is 260 g/mol. The molecule has 18 heavy (non-hydrogen) atoms. The summed E-state index contributed by atoms with van der Waals surface area (Å²) in [6, 6.07) is 6.41. The fourth-order valence-electron chi connectivity index (χ4n) is 1.74. The summed E-state index contributed by atoms with van der Waals surface area (Å²) in [7, 11) is 0. The van der Waals surface area contributed by atoms with Gasteiger partial charge in [-0.05, 0) is 25.5 Å². The van der Waals surface area contributed by atoms with E-state index < -0.39 is 0 Å². The van der Waals surface area contributed by atoms with E-state index in [9.17, 15) is 0 Å². The summed E-state index contributed by atoms with van der Waals surface area (Å²) in [6.07, 6.45) is 0. The van der Waals surface area contributed by atoms with Crippen LogP contribution in [0.1, 0.15) is 37.6 Å². The van der Waals surface area contributed by atoms with Gasteiger partial charge in [0.2, 0.25) is 0 Å². The molecule has 0 spiro atoms. The van der Waals surface area contributed by atoms with Gasteiger partial charge in [0, 0.05) is 16.5 Å². The van der Waals surface area contributed by atoms with Crippen LogP contribution in [0.4, 0.5) is 10.8 Å². The van der Waals surface area contributed by atoms with Gasteiger partial charge in [0.1, 0.15) is 0 Å². The Kier molecular flexibility index (Phi) is 3.44. The monoisotopic (exact) mass is 260 g/mol. The third-order valence-corrected chi connectivity index (χ3v) is 3.65. The quantitative estimate of drug-likeness (QED) is 0.839. The average Bonchev–Trinajstić information content (AvgIpc) is 2.70. The molecule has 0 atom stereocenters. The molecule has 0 unspecified atom stereocenters. The predicted molar refractivity (Wildman–Crippen MR) is 80.0 cm³/mol. The maximum absolute atomic E-state index is 4.65. The molecular formula is C15H20N2S. The second-order valence-electron chi connectivity index (χ2n) is 5.73. The van der Waals surface area contributed by atoms with Crippen LogP contribution in [-0.2, 0) is 5.41 Å². The number of hydrogen-bond acceptors (Lipinski definition) is 3. The number of aromatic nitrogens is 1. The van der Waals surface area contributed by atoms with Gasteiger partial charge < -0.3 is 5.32 Å². The first-order chi connectivity index (χ1) is 8.36. The van der Waals surface area contributed by atoms with E-state index in [2.05, 4.69) is 68.5 Å². The number of aryl methyl sites for hydroxylation is 2. The lowest BCUT2D eigenvalue weighted by Gasteiger charge is -2.14. The molecule has 1 aromatic heterocycles. The van der Waals surface area contributed by atoms with E-state index in [4.69, 9.17) is 0 Å². The molecule has 96 valence electrons. The van der Waals surface area contributed by atoms with Gasteiger partial charge in [-0.25, -0.2) is 4.98 Å². The number of benzene rings is 1. The van der Waals surface area contributed by atoms with Crippen LogP contribution in [0.5, 0.6) is 0 Å². The standard InChI is InChI=1S/C15H20N2S/c1-10-6-7-12(11(2)8-10)16-14-17-13(9-18-14)15(3,4)5/h6-9H,1-5H3,(H,16,17). The zero-order chi connectivity index (χ0) is 13.3. The lowest BCUT2D eigenvalue weighted by Crippen LogP contribution is -2.11. The topological polar surface area (TPSA) is 24.9 Å². The number of hydrogen-bond donors (Lipinski definition) is 1. The normalized spacial score (nSPS) is 11.6. The summed E-state index contributed by atoms with van der Waals surface area (Å²) >= 11 is 1.66. The summed E-state index contributed by atoms with van der Waals surface area (Å²) in [5.41, 5.74) is 4.92. The zero-order valence-electron chi connectivity index (χ0n) is 11.7. The maximum Gasteiger partial charge on any atom is 0.187 e. The molecule has 0 amide bonds. The van der Waals surface area contributed by atoms with Crippen molar-refractivity contribution < 1.29 is 0 Å². The summed E-state index contributed by atoms with van der Waals surface area (Å²) in [5.74, 6) is 0. The number of anilines is 2. The molecule has 0 saturated heterocycles. The third kappa shape index (κ3) is 2.91. The van der Waals surface area contributed by atoms with Gasteiger partial charge >= 0.3 is 0 Å². The molecule has 0 fully saturated rings. The first-order valence-corrected chi connectivity index (χ1v) is 7.04. The fraction of sp³-hybridized carbons (Fsp3) is 0.400. The first-order valence-electron chi connectivity index (χ1n) is 6.16. The van der Waals surface area contributed by atoms with Crippen LogP contribution < -0.4 is 5.32 Å². The fourth-order valence-corrected chi connectivity index (χ4v) is 2.69. The van der Waals surface area contributed by atoms with E-state index in [0.717, 1.165) is 16.5 Å². The number of nitrogens with zero attached hydrogens (tertiary/aromatic N) is 1. The van der Waals surface area contributed by atoms with Crippen molar-refractivity contribution in [3.05, 3.63) is 40.4 Å². The summed E-state index contributed by atoms with van der Waals surface area (Å²) < 4.78 is 0. The summed E-state index contributed by atoms with van der Waals surface area (Å²) in [6.45, 7) is 10.8. The van der Waals surface area contributed by atoms with Gasteiger partial charge in [-0.15, -0.1) is 11.3 Å². The Hall–Kier alpha value is -1.35. The molecule has 0 aliphatic carbocycles. The Balaban J connectivity index is 2.21. The Morgan fingerprint density at radius 3 is 2.44 bits per heavy atom. The van der Waals surface area contributed by atoms with E-state index in [1.807, 2.05) is 0 Å². The van der Waals surface area contributed by atoms with E-state index in [0.29, 0.717) is 0 Å². The second-order valence-corrected chi connectivity index (χ2v) is 6.59. The van der Waals surface area contributed by atoms with Gasteiger partial charge in [0.25, 0.3) is 0 Å². The highest BCUT2D eigenvalue weighted by Gasteiger charge is 2.17. The maximum atomic E-state index is 4.65. The molecule has 2 nitrogen and oxygen atoms in total. The Morgan fingerprint density at radius 1 is 1.17 bits per heavy atom. The van der Waals surface area contributed by atoms with Crippen molar-refractivity contribution in [2.75, 3.05) is 5.32 Å². The van der Waals surface area contributed by atoms with E-state index >= 15 is 0 Å². The molecule has 0 aliphatic heterocycles. The first kappa shape index (κ1) is 13.1. The number of rotatable bonds is 2. The van der Waals surface area contributed by atoms with Crippen LogP contribution >= 0.6 is 11.3 Å². The molecule has 1 aromatic carbocycles. The van der Waals surface area contributed by atoms with Gasteiger partial charge in [0.15, 0.2) is 5.13 Å². The minimum Gasteiger partial charge on any atom is -0.331 e. The molecule has 0 bridgehead atoms. The van der Waals surface area contributed by atoms with E-state index in [1.54, 1.807) is 11.3 Å². The molecular weight excluding hydrogens is 240 g/mol. The van der Waals surface area contributed by atoms with Crippen LogP contribution in [0.15, 0.2) is 23.6 Å². The summed E-state index contributed by atoms with van der Waals surface area (Å²) in [4.78, 5) is 4.65. The highest BCUT2D eigenvalue weighted by atomic mass is 32.1. The molecule has 0 aliphatic rings. The third-order valence-electron chi connectivity index (χ3n) is 2.90. The van der Waals surface area contributed by atoms with Crippen molar-refractivity contribution in [1.29, 1.82) is 0 Å². The van der Waals surface area contributed by atoms with Crippen molar-refractivity contribution >= 4 is 22.2 Å².